The Labute approximate surface area is 31.9 Å². The van der Waals surface area contributed by atoms with Gasteiger partial charge in [-0.05, 0) is 0 Å². The summed E-state index contributed by atoms with van der Waals surface area (Å²) in [5, 5.41) is 0. The monoisotopic (exact) mass is 73.0 g/mol. The van der Waals surface area contributed by atoms with Crippen LogP contribution in [0.1, 0.15) is 0 Å². The van der Waals surface area contributed by atoms with E-state index in [0.717, 1.165) is 0 Å². The molecule has 0 amide bonds. The Balaban J connectivity index is 2.55. The van der Waals surface area contributed by atoms with E-state index in [9.17, 15) is 0 Å². The Morgan fingerprint density at radius 1 is 2.00 bits per heavy atom. The van der Waals surface area contributed by atoms with Crippen molar-refractivity contribution in [2.24, 2.45) is 4.30 Å². The Kier molecular flexibility index (Phi) is 3.39. The summed E-state index contributed by atoms with van der Waals surface area (Å²) >= 11 is 3.49. The molecule has 0 saturated carbocycles. The van der Waals surface area contributed by atoms with Gasteiger partial charge in [-0.15, -0.1) is 0 Å². The molecule has 0 rings (SSSR count). The van der Waals surface area contributed by atoms with Crippen LogP contribution in [0.25, 0.3) is 0 Å². The van der Waals surface area contributed by atoms with Crippen LogP contribution < -0.4 is 0 Å². The first-order chi connectivity index (χ1) is 1.91. The fraction of sp³-hybridized carbons (Fsp3) is 1.00. The molecular formula is CH4BNS. The Hall–Kier alpha value is 0.215. The molecule has 0 radical (unpaired) electrons. The number of rotatable bonds is 0. The second kappa shape index (κ2) is 3.21. The summed E-state index contributed by atoms with van der Waals surface area (Å²) in [4.78, 5) is 0. The van der Waals surface area contributed by atoms with Crippen molar-refractivity contribution in [3.63, 3.8) is 0 Å². The summed E-state index contributed by atoms with van der Waals surface area (Å²) in [6.07, 6.45) is 0. The molecule has 4 heavy (non-hydrogen) atoms. The number of hydrogen-bond acceptors (Lipinski definition) is 2. The van der Waals surface area contributed by atoms with Crippen LogP contribution in [-0.2, 0) is 0 Å². The first kappa shape index (κ1) is 4.21. The van der Waals surface area contributed by atoms with Crippen molar-refractivity contribution >= 4 is 19.9 Å². The van der Waals surface area contributed by atoms with Crippen LogP contribution in [-0.4, -0.2) is 7.07 Å². The fourth-order valence-electron chi connectivity index (χ4n) is 0. The van der Waals surface area contributed by atoms with E-state index in [2.05, 4.69) is 17.1 Å². The van der Waals surface area contributed by atoms with Crippen molar-refractivity contribution in [3.8, 4) is 0 Å². The summed E-state index contributed by atoms with van der Waals surface area (Å²) < 4.78 is 3.31. The van der Waals surface area contributed by atoms with Crippen molar-refractivity contribution in [3.05, 3.63) is 0 Å². The van der Waals surface area contributed by atoms with Gasteiger partial charge in [-0.3, -0.25) is 0 Å². The SMILES string of the molecule is CB=NS. The van der Waals surface area contributed by atoms with E-state index < -0.39 is 0 Å². The van der Waals surface area contributed by atoms with Crippen molar-refractivity contribution < 1.29 is 0 Å². The van der Waals surface area contributed by atoms with Gasteiger partial charge in [0.15, 0.2) is 0 Å². The van der Waals surface area contributed by atoms with Crippen LogP contribution in [0.3, 0.4) is 0 Å². The third-order valence-electron chi connectivity index (χ3n) is 0.115. The van der Waals surface area contributed by atoms with Gasteiger partial charge in [0.2, 0.25) is 0 Å². The Bertz CT molecular complexity index is 23.2. The minimum absolute atomic E-state index is 1.61. The predicted octanol–water partition coefficient (Wildman–Crippen LogP) is 0.767. The van der Waals surface area contributed by atoms with Gasteiger partial charge < -0.3 is 0 Å². The standard InChI is InChI=1S/CH4BNS/c1-2-3-4/h4H,1H3. The Morgan fingerprint density at radius 3 is 2.25 bits per heavy atom. The molecule has 1 nitrogen and oxygen atoms in total. The van der Waals surface area contributed by atoms with Crippen molar-refractivity contribution in [1.29, 1.82) is 0 Å². The van der Waals surface area contributed by atoms with Crippen LogP contribution in [0.4, 0.5) is 0 Å². The second-order valence-electron chi connectivity index (χ2n) is 0.374. The van der Waals surface area contributed by atoms with E-state index in [1.165, 1.54) is 0 Å². The van der Waals surface area contributed by atoms with E-state index in [0.29, 0.717) is 0 Å². The zero-order valence-electron chi connectivity index (χ0n) is 2.47. The summed E-state index contributed by atoms with van der Waals surface area (Å²) in [6, 6.07) is 0. The zero-order valence-corrected chi connectivity index (χ0v) is 3.37. The van der Waals surface area contributed by atoms with Crippen molar-refractivity contribution in [1.82, 2.24) is 0 Å². The van der Waals surface area contributed by atoms with Gasteiger partial charge in [-0.1, -0.05) is 0 Å². The van der Waals surface area contributed by atoms with Crippen LogP contribution in [0.5, 0.6) is 0 Å². The molecule has 0 aliphatic heterocycles. The molecule has 0 aromatic carbocycles. The molecule has 0 aliphatic rings. The molecule has 22 valence electrons. The van der Waals surface area contributed by atoms with Gasteiger partial charge in [-0.2, -0.15) is 0 Å². The molecule has 0 unspecified atom stereocenters. The average molecular weight is 72.9 g/mol. The predicted molar refractivity (Wildman–Crippen MR) is 23.0 cm³/mol. The summed E-state index contributed by atoms with van der Waals surface area (Å²) in [5.41, 5.74) is 0. The molecule has 0 heterocycles. The van der Waals surface area contributed by atoms with Gasteiger partial charge in [0, 0.05) is 0 Å². The van der Waals surface area contributed by atoms with Crippen LogP contribution >= 0.6 is 12.8 Å². The topological polar surface area (TPSA) is 12.4 Å². The molecule has 3 heteroatoms. The van der Waals surface area contributed by atoms with Crippen molar-refractivity contribution in [2.45, 2.75) is 6.82 Å². The molecule has 0 atom stereocenters. The molecule has 0 aromatic heterocycles. The molecule has 0 aliphatic carbocycles. The molecule has 0 aromatic rings. The molecule has 0 spiro atoms. The number of hydrogen-bond donors (Lipinski definition) is 1. The summed E-state index contributed by atoms with van der Waals surface area (Å²) in [7, 11) is 1.61. The number of nitrogens with zero attached hydrogens (tertiary/aromatic N) is 1. The number of thiol groups is 1. The first-order valence-corrected chi connectivity index (χ1v) is 1.44. The maximum atomic E-state index is 3.49. The average Bonchev–Trinajstić information content (AvgIpc) is 1.37. The van der Waals surface area contributed by atoms with Gasteiger partial charge >= 0.3 is 31.0 Å². The quantitative estimate of drug-likeness (QED) is 0.321. The molecule has 0 saturated heterocycles. The summed E-state index contributed by atoms with van der Waals surface area (Å²) in [5.74, 6) is 0. The van der Waals surface area contributed by atoms with Crippen molar-refractivity contribution in [2.75, 3.05) is 0 Å². The summed E-state index contributed by atoms with van der Waals surface area (Å²) in [6.45, 7) is 1.81. The molecule has 0 fully saturated rings. The Morgan fingerprint density at radius 2 is 2.25 bits per heavy atom. The minimum atomic E-state index is 1.61. The van der Waals surface area contributed by atoms with E-state index in [1.807, 2.05) is 6.82 Å². The second-order valence-corrected chi connectivity index (χ2v) is 0.605. The van der Waals surface area contributed by atoms with Crippen LogP contribution in [0, 0.1) is 0 Å². The normalized spacial score (nSPS) is 7.50. The van der Waals surface area contributed by atoms with E-state index in [4.69, 9.17) is 0 Å². The van der Waals surface area contributed by atoms with E-state index in [1.54, 1.807) is 7.07 Å². The third-order valence-corrected chi connectivity index (χ3v) is 0.346. The molecule has 0 bridgehead atoms. The molecule has 0 N–H and O–H groups in total. The van der Waals surface area contributed by atoms with Gasteiger partial charge in [0.25, 0.3) is 0 Å². The zero-order chi connectivity index (χ0) is 3.41. The van der Waals surface area contributed by atoms with Crippen LogP contribution in [0.15, 0.2) is 4.30 Å². The third kappa shape index (κ3) is 2.21. The molecular weight excluding hydrogens is 68.9 g/mol. The fourth-order valence-corrected chi connectivity index (χ4v) is 0. The maximum absolute atomic E-state index is 3.49. The van der Waals surface area contributed by atoms with E-state index >= 15 is 0 Å². The van der Waals surface area contributed by atoms with E-state index in [-0.39, 0.29) is 0 Å². The first-order valence-electron chi connectivity index (χ1n) is 1.04. The van der Waals surface area contributed by atoms with Crippen LogP contribution in [0.2, 0.25) is 6.82 Å². The van der Waals surface area contributed by atoms with Gasteiger partial charge in [-0.25, -0.2) is 0 Å². The van der Waals surface area contributed by atoms with Gasteiger partial charge in [0.1, 0.15) is 0 Å². The van der Waals surface area contributed by atoms with Gasteiger partial charge in [0.05, 0.1) is 0 Å².